The van der Waals surface area contributed by atoms with Gasteiger partial charge in [-0.25, -0.2) is 4.98 Å². The van der Waals surface area contributed by atoms with Crippen LogP contribution in [0.4, 0.5) is 10.8 Å². The lowest BCUT2D eigenvalue weighted by Crippen LogP contribution is -2.11. The van der Waals surface area contributed by atoms with Crippen LogP contribution in [0.2, 0.25) is 5.02 Å². The molecule has 0 bridgehead atoms. The predicted octanol–water partition coefficient (Wildman–Crippen LogP) is 5.88. The molecule has 3 aromatic rings. The number of aromatic nitrogens is 1. The summed E-state index contributed by atoms with van der Waals surface area (Å²) in [5.74, 6) is 0.752. The largest absolute Gasteiger partial charge is 0.302 e. The molecule has 0 radical (unpaired) electrons. The number of thiazole rings is 1. The SMILES string of the molecule is O=C(CCCSc1ccc(Cl)cc1)Nc1nc(-c2ccc([N+](=O)[O-])cc2)cs1. The van der Waals surface area contributed by atoms with Crippen LogP contribution in [0, 0.1) is 10.1 Å². The molecular formula is C19H16ClN3O3S2. The van der Waals surface area contributed by atoms with Crippen LogP contribution in [0.3, 0.4) is 0 Å². The molecule has 1 heterocycles. The van der Waals surface area contributed by atoms with Crippen LogP contribution < -0.4 is 5.32 Å². The molecule has 0 saturated heterocycles. The van der Waals surface area contributed by atoms with E-state index in [1.54, 1.807) is 23.9 Å². The normalized spacial score (nSPS) is 10.6. The van der Waals surface area contributed by atoms with Crippen molar-refractivity contribution in [3.05, 3.63) is 69.0 Å². The zero-order chi connectivity index (χ0) is 19.9. The Morgan fingerprint density at radius 1 is 1.18 bits per heavy atom. The molecule has 28 heavy (non-hydrogen) atoms. The van der Waals surface area contributed by atoms with Crippen LogP contribution in [0.15, 0.2) is 58.8 Å². The van der Waals surface area contributed by atoms with Gasteiger partial charge in [-0.1, -0.05) is 11.6 Å². The number of rotatable bonds is 8. The molecule has 0 atom stereocenters. The summed E-state index contributed by atoms with van der Waals surface area (Å²) in [4.78, 5) is 27.9. The van der Waals surface area contributed by atoms with Gasteiger partial charge >= 0.3 is 0 Å². The lowest BCUT2D eigenvalue weighted by Gasteiger charge is -2.03. The number of nitrogens with zero attached hydrogens (tertiary/aromatic N) is 2. The maximum Gasteiger partial charge on any atom is 0.269 e. The number of hydrogen-bond donors (Lipinski definition) is 1. The Morgan fingerprint density at radius 3 is 2.57 bits per heavy atom. The average molecular weight is 434 g/mol. The van der Waals surface area contributed by atoms with E-state index in [0.717, 1.165) is 22.6 Å². The van der Waals surface area contributed by atoms with E-state index in [9.17, 15) is 14.9 Å². The minimum atomic E-state index is -0.443. The van der Waals surface area contributed by atoms with E-state index in [-0.39, 0.29) is 11.6 Å². The fourth-order valence-corrected chi connectivity index (χ4v) is 4.07. The van der Waals surface area contributed by atoms with Crippen molar-refractivity contribution in [3.8, 4) is 11.3 Å². The van der Waals surface area contributed by atoms with Crippen molar-refractivity contribution in [2.24, 2.45) is 0 Å². The van der Waals surface area contributed by atoms with Gasteiger partial charge < -0.3 is 5.32 Å². The number of amides is 1. The van der Waals surface area contributed by atoms with E-state index < -0.39 is 4.92 Å². The van der Waals surface area contributed by atoms with Crippen molar-refractivity contribution >= 4 is 51.4 Å². The van der Waals surface area contributed by atoms with Gasteiger partial charge in [-0.15, -0.1) is 23.1 Å². The number of benzene rings is 2. The highest BCUT2D eigenvalue weighted by atomic mass is 35.5. The Kier molecular flexibility index (Phi) is 7.02. The third-order valence-corrected chi connectivity index (χ3v) is 5.86. The molecule has 0 aliphatic heterocycles. The number of halogens is 1. The van der Waals surface area contributed by atoms with Gasteiger partial charge in [0.05, 0.1) is 10.6 Å². The van der Waals surface area contributed by atoms with Gasteiger partial charge in [0.1, 0.15) is 0 Å². The molecule has 0 aliphatic rings. The van der Waals surface area contributed by atoms with E-state index in [2.05, 4.69) is 10.3 Å². The lowest BCUT2D eigenvalue weighted by molar-refractivity contribution is -0.384. The summed E-state index contributed by atoms with van der Waals surface area (Å²) in [6.45, 7) is 0. The highest BCUT2D eigenvalue weighted by Crippen LogP contribution is 2.27. The number of non-ortho nitro benzene ring substituents is 1. The summed E-state index contributed by atoms with van der Waals surface area (Å²) in [5.41, 5.74) is 1.47. The number of nitro benzene ring substituents is 1. The van der Waals surface area contributed by atoms with E-state index in [1.807, 2.05) is 29.6 Å². The highest BCUT2D eigenvalue weighted by Gasteiger charge is 2.10. The highest BCUT2D eigenvalue weighted by molar-refractivity contribution is 7.99. The van der Waals surface area contributed by atoms with Crippen molar-refractivity contribution in [1.82, 2.24) is 4.98 Å². The maximum absolute atomic E-state index is 12.1. The fraction of sp³-hybridized carbons (Fsp3) is 0.158. The summed E-state index contributed by atoms with van der Waals surface area (Å²) in [6.07, 6.45) is 1.16. The van der Waals surface area contributed by atoms with Gasteiger partial charge in [0.2, 0.25) is 5.91 Å². The second-order valence-corrected chi connectivity index (χ2v) is 8.26. The van der Waals surface area contributed by atoms with Gasteiger partial charge in [0.25, 0.3) is 5.69 Å². The first-order valence-electron chi connectivity index (χ1n) is 8.40. The Balaban J connectivity index is 1.45. The van der Waals surface area contributed by atoms with Crippen molar-refractivity contribution in [1.29, 1.82) is 0 Å². The third-order valence-electron chi connectivity index (χ3n) is 3.75. The van der Waals surface area contributed by atoms with Crippen LogP contribution in [-0.4, -0.2) is 21.6 Å². The monoisotopic (exact) mass is 433 g/mol. The molecule has 0 fully saturated rings. The topological polar surface area (TPSA) is 85.1 Å². The van der Waals surface area contributed by atoms with Gasteiger partial charge in [-0.3, -0.25) is 14.9 Å². The number of nitro groups is 1. The van der Waals surface area contributed by atoms with Gasteiger partial charge in [-0.2, -0.15) is 0 Å². The van der Waals surface area contributed by atoms with Gasteiger partial charge in [-0.05, 0) is 48.6 Å². The number of nitrogens with one attached hydrogen (secondary N) is 1. The van der Waals surface area contributed by atoms with Crippen LogP contribution in [0.25, 0.3) is 11.3 Å². The smallest absolute Gasteiger partial charge is 0.269 e. The molecule has 9 heteroatoms. The van der Waals surface area contributed by atoms with Crippen molar-refractivity contribution < 1.29 is 9.72 Å². The Labute approximate surface area is 175 Å². The molecule has 1 aromatic heterocycles. The van der Waals surface area contributed by atoms with E-state index in [0.29, 0.717) is 22.3 Å². The minimum Gasteiger partial charge on any atom is -0.302 e. The number of hydrogen-bond acceptors (Lipinski definition) is 6. The van der Waals surface area contributed by atoms with Gasteiger partial charge in [0.15, 0.2) is 5.13 Å². The van der Waals surface area contributed by atoms with Crippen LogP contribution in [-0.2, 0) is 4.79 Å². The molecule has 6 nitrogen and oxygen atoms in total. The molecular weight excluding hydrogens is 418 g/mol. The molecule has 0 spiro atoms. The zero-order valence-corrected chi connectivity index (χ0v) is 17.0. The zero-order valence-electron chi connectivity index (χ0n) is 14.6. The Hall–Kier alpha value is -2.42. The first kappa shape index (κ1) is 20.3. The summed E-state index contributed by atoms with van der Waals surface area (Å²) >= 11 is 8.87. The average Bonchev–Trinajstić information content (AvgIpc) is 3.15. The van der Waals surface area contributed by atoms with Crippen molar-refractivity contribution in [3.63, 3.8) is 0 Å². The third kappa shape index (κ3) is 5.79. The molecule has 2 aromatic carbocycles. The van der Waals surface area contributed by atoms with E-state index >= 15 is 0 Å². The molecule has 144 valence electrons. The standard InChI is InChI=1S/C19H16ClN3O3S2/c20-14-5-9-16(10-6-14)27-11-1-2-18(24)22-19-21-17(12-28-19)13-3-7-15(8-4-13)23(25)26/h3-10,12H,1-2,11H2,(H,21,22,24). The van der Waals surface area contributed by atoms with Crippen molar-refractivity contribution in [2.45, 2.75) is 17.7 Å². The van der Waals surface area contributed by atoms with E-state index in [1.165, 1.54) is 23.5 Å². The quantitative estimate of drug-likeness (QED) is 0.207. The molecule has 1 amide bonds. The lowest BCUT2D eigenvalue weighted by atomic mass is 10.1. The first-order valence-corrected chi connectivity index (χ1v) is 10.6. The Morgan fingerprint density at radius 2 is 1.89 bits per heavy atom. The molecule has 3 rings (SSSR count). The first-order chi connectivity index (χ1) is 13.5. The fourth-order valence-electron chi connectivity index (χ4n) is 2.35. The second-order valence-electron chi connectivity index (χ2n) is 5.80. The number of anilines is 1. The molecule has 0 unspecified atom stereocenters. The minimum absolute atomic E-state index is 0.0315. The molecule has 0 saturated carbocycles. The second kappa shape index (κ2) is 9.68. The number of thioether (sulfide) groups is 1. The van der Waals surface area contributed by atoms with Crippen LogP contribution in [0.1, 0.15) is 12.8 Å². The predicted molar refractivity (Wildman–Crippen MR) is 114 cm³/mol. The van der Waals surface area contributed by atoms with Crippen LogP contribution >= 0.6 is 34.7 Å². The summed E-state index contributed by atoms with van der Waals surface area (Å²) in [5, 5.41) is 16.6. The summed E-state index contributed by atoms with van der Waals surface area (Å²) < 4.78 is 0. The number of carbonyl (C=O) groups excluding carboxylic acids is 1. The summed E-state index contributed by atoms with van der Waals surface area (Å²) in [6, 6.07) is 13.8. The molecule has 1 N–H and O–H groups in total. The van der Waals surface area contributed by atoms with Crippen molar-refractivity contribution in [2.75, 3.05) is 11.1 Å². The Bertz CT molecular complexity index is 959. The summed E-state index contributed by atoms with van der Waals surface area (Å²) in [7, 11) is 0. The number of carbonyl (C=O) groups is 1. The molecule has 0 aliphatic carbocycles. The van der Waals surface area contributed by atoms with E-state index in [4.69, 9.17) is 11.6 Å². The van der Waals surface area contributed by atoms with Gasteiger partial charge in [0, 0.05) is 39.4 Å². The maximum atomic E-state index is 12.1. The van der Waals surface area contributed by atoms with Crippen LogP contribution in [0.5, 0.6) is 0 Å².